The second-order valence-electron chi connectivity index (χ2n) is 9.91. The highest BCUT2D eigenvalue weighted by atomic mass is 32.2. The van der Waals surface area contributed by atoms with E-state index in [1.165, 1.54) is 16.7 Å². The summed E-state index contributed by atoms with van der Waals surface area (Å²) in [5.74, 6) is 3.37. The Morgan fingerprint density at radius 2 is 1.58 bits per heavy atom. The first-order chi connectivity index (χ1) is 21.1. The highest BCUT2D eigenvalue weighted by Crippen LogP contribution is 2.36. The molecule has 0 atom stereocenters. The summed E-state index contributed by atoms with van der Waals surface area (Å²) in [5, 5.41) is 11.2. The van der Waals surface area contributed by atoms with E-state index in [0.29, 0.717) is 58.1 Å². The zero-order chi connectivity index (χ0) is 29.3. The smallest absolute Gasteiger partial charge is 0.261 e. The van der Waals surface area contributed by atoms with E-state index in [2.05, 4.69) is 10.2 Å². The van der Waals surface area contributed by atoms with Gasteiger partial charge in [0, 0.05) is 40.6 Å². The van der Waals surface area contributed by atoms with Crippen molar-refractivity contribution in [1.82, 2.24) is 19.7 Å². The van der Waals surface area contributed by atoms with Crippen molar-refractivity contribution in [3.8, 4) is 28.7 Å². The molecule has 0 spiro atoms. The van der Waals surface area contributed by atoms with Crippen LogP contribution in [-0.4, -0.2) is 57.7 Å². The Hall–Kier alpha value is -5.03. The van der Waals surface area contributed by atoms with Crippen LogP contribution in [0.25, 0.3) is 16.5 Å². The Morgan fingerprint density at radius 1 is 0.860 bits per heavy atom. The number of nitrogens with zero attached hydrogens (tertiary/aromatic N) is 4. The maximum absolute atomic E-state index is 13.3. The van der Waals surface area contributed by atoms with Gasteiger partial charge in [0.15, 0.2) is 22.5 Å². The van der Waals surface area contributed by atoms with Crippen molar-refractivity contribution < 1.29 is 28.5 Å². The van der Waals surface area contributed by atoms with Crippen LogP contribution in [0.15, 0.2) is 84.0 Å². The number of hydrogen-bond acceptors (Lipinski definition) is 9. The largest absolute Gasteiger partial charge is 0.497 e. The molecule has 2 amide bonds. The SMILES string of the molecule is COc1ccc(-n2c(COc3ccc4c(c3)OCO4)nnc2SCCCN2C(=O)c3cccc4cccc(c34)C2=O)cc1. The molecule has 2 aliphatic rings. The highest BCUT2D eigenvalue weighted by Gasteiger charge is 2.32. The lowest BCUT2D eigenvalue weighted by atomic mass is 9.94. The van der Waals surface area contributed by atoms with E-state index in [9.17, 15) is 9.59 Å². The average molecular weight is 595 g/mol. The summed E-state index contributed by atoms with van der Waals surface area (Å²) in [6, 6.07) is 24.1. The number of carbonyl (C=O) groups excluding carboxylic acids is 2. The minimum absolute atomic E-state index is 0.168. The third-order valence-corrected chi connectivity index (χ3v) is 8.37. The Bertz CT molecular complexity index is 1800. The molecule has 11 heteroatoms. The number of fused-ring (bicyclic) bond motifs is 1. The molecule has 7 rings (SSSR count). The summed E-state index contributed by atoms with van der Waals surface area (Å²) in [6.45, 7) is 0.655. The predicted molar refractivity (Wildman–Crippen MR) is 159 cm³/mol. The van der Waals surface area contributed by atoms with Crippen LogP contribution < -0.4 is 18.9 Å². The number of imide groups is 1. The number of hydrogen-bond donors (Lipinski definition) is 0. The molecule has 0 unspecified atom stereocenters. The Kier molecular flexibility index (Phi) is 7.07. The number of methoxy groups -OCH3 is 1. The molecule has 0 N–H and O–H groups in total. The highest BCUT2D eigenvalue weighted by molar-refractivity contribution is 7.99. The van der Waals surface area contributed by atoms with Crippen LogP contribution in [0.1, 0.15) is 33.0 Å². The van der Waals surface area contributed by atoms with Gasteiger partial charge in [-0.1, -0.05) is 36.0 Å². The molecule has 1 aromatic heterocycles. The van der Waals surface area contributed by atoms with Crippen molar-refractivity contribution in [3.05, 3.63) is 95.8 Å². The quantitative estimate of drug-likeness (QED) is 0.117. The number of carbonyl (C=O) groups is 2. The van der Waals surface area contributed by atoms with Crippen LogP contribution in [0.5, 0.6) is 23.0 Å². The fourth-order valence-corrected chi connectivity index (χ4v) is 6.16. The zero-order valence-electron chi connectivity index (χ0n) is 23.2. The second-order valence-corrected chi connectivity index (χ2v) is 11.0. The number of aromatic nitrogens is 3. The van der Waals surface area contributed by atoms with Gasteiger partial charge in [0.2, 0.25) is 6.79 Å². The fourth-order valence-electron chi connectivity index (χ4n) is 5.26. The fraction of sp³-hybridized carbons (Fsp3) is 0.188. The van der Waals surface area contributed by atoms with Gasteiger partial charge < -0.3 is 18.9 Å². The van der Waals surface area contributed by atoms with Gasteiger partial charge in [0.25, 0.3) is 11.8 Å². The van der Waals surface area contributed by atoms with Gasteiger partial charge >= 0.3 is 0 Å². The molecular formula is C32H26N4O6S. The van der Waals surface area contributed by atoms with Crippen molar-refractivity contribution in [2.24, 2.45) is 0 Å². The van der Waals surface area contributed by atoms with Crippen LogP contribution in [0, 0.1) is 0 Å². The van der Waals surface area contributed by atoms with Crippen LogP contribution in [-0.2, 0) is 6.61 Å². The van der Waals surface area contributed by atoms with E-state index < -0.39 is 0 Å². The Morgan fingerprint density at radius 3 is 2.33 bits per heavy atom. The Balaban J connectivity index is 1.06. The third kappa shape index (κ3) is 5.01. The molecule has 5 aromatic rings. The lowest BCUT2D eigenvalue weighted by Gasteiger charge is -2.27. The molecule has 2 aliphatic heterocycles. The monoisotopic (exact) mass is 594 g/mol. The molecule has 3 heterocycles. The second kappa shape index (κ2) is 11.3. The summed E-state index contributed by atoms with van der Waals surface area (Å²) in [7, 11) is 1.62. The van der Waals surface area contributed by atoms with Crippen molar-refractivity contribution in [3.63, 3.8) is 0 Å². The lowest BCUT2D eigenvalue weighted by molar-refractivity contribution is 0.0611. The van der Waals surface area contributed by atoms with Crippen LogP contribution in [0.3, 0.4) is 0 Å². The minimum Gasteiger partial charge on any atom is -0.497 e. The summed E-state index contributed by atoms with van der Waals surface area (Å²) in [6.07, 6.45) is 0.582. The number of amides is 2. The van der Waals surface area contributed by atoms with E-state index in [1.807, 2.05) is 65.2 Å². The van der Waals surface area contributed by atoms with Gasteiger partial charge in [-0.15, -0.1) is 10.2 Å². The summed E-state index contributed by atoms with van der Waals surface area (Å²) in [4.78, 5) is 27.9. The van der Waals surface area contributed by atoms with E-state index >= 15 is 0 Å². The third-order valence-electron chi connectivity index (χ3n) is 7.36. The van der Waals surface area contributed by atoms with Gasteiger partial charge in [0.1, 0.15) is 18.1 Å². The van der Waals surface area contributed by atoms with Gasteiger partial charge in [-0.3, -0.25) is 19.1 Å². The molecule has 4 aromatic carbocycles. The van der Waals surface area contributed by atoms with E-state index in [1.54, 1.807) is 25.3 Å². The van der Waals surface area contributed by atoms with Gasteiger partial charge in [0.05, 0.1) is 7.11 Å². The van der Waals surface area contributed by atoms with Crippen LogP contribution in [0.4, 0.5) is 0 Å². The molecule has 0 aliphatic carbocycles. The molecule has 0 fully saturated rings. The van der Waals surface area contributed by atoms with Gasteiger partial charge in [-0.25, -0.2) is 0 Å². The topological polar surface area (TPSA) is 105 Å². The average Bonchev–Trinajstić information content (AvgIpc) is 3.68. The normalized spacial score (nSPS) is 13.6. The molecule has 10 nitrogen and oxygen atoms in total. The predicted octanol–water partition coefficient (Wildman–Crippen LogP) is 5.52. The van der Waals surface area contributed by atoms with Crippen molar-refractivity contribution in [1.29, 1.82) is 0 Å². The van der Waals surface area contributed by atoms with Crippen molar-refractivity contribution >= 4 is 34.3 Å². The molecule has 0 radical (unpaired) electrons. The first kappa shape index (κ1) is 26.8. The summed E-state index contributed by atoms with van der Waals surface area (Å²) >= 11 is 1.50. The molecule has 0 bridgehead atoms. The molecule has 0 saturated carbocycles. The number of benzene rings is 4. The minimum atomic E-state index is -0.261. The van der Waals surface area contributed by atoms with E-state index in [0.717, 1.165) is 22.2 Å². The first-order valence-electron chi connectivity index (χ1n) is 13.7. The molecule has 0 saturated heterocycles. The first-order valence-corrected chi connectivity index (χ1v) is 14.7. The lowest BCUT2D eigenvalue weighted by Crippen LogP contribution is -2.41. The van der Waals surface area contributed by atoms with Gasteiger partial charge in [-0.2, -0.15) is 0 Å². The molecule has 216 valence electrons. The number of rotatable bonds is 10. The Labute approximate surface area is 251 Å². The molecular weight excluding hydrogens is 568 g/mol. The standard InChI is InChI=1S/C32H26N4O6S/c1-39-22-11-9-21(10-12-22)36-28(18-40-23-13-14-26-27(17-23)42-19-41-26)33-34-32(36)43-16-4-15-35-30(37)24-7-2-5-20-6-3-8-25(29(20)24)31(35)38/h2-3,5-14,17H,4,15-16,18-19H2,1H3. The van der Waals surface area contributed by atoms with Crippen LogP contribution >= 0.6 is 11.8 Å². The number of ether oxygens (including phenoxy) is 4. The van der Waals surface area contributed by atoms with Crippen LogP contribution in [0.2, 0.25) is 0 Å². The number of thioether (sulfide) groups is 1. The van der Waals surface area contributed by atoms with Crippen molar-refractivity contribution in [2.75, 3.05) is 26.2 Å². The molecule has 43 heavy (non-hydrogen) atoms. The maximum atomic E-state index is 13.3. The van der Waals surface area contributed by atoms with E-state index in [4.69, 9.17) is 18.9 Å². The summed E-state index contributed by atoms with van der Waals surface area (Å²) in [5.41, 5.74) is 1.97. The zero-order valence-corrected chi connectivity index (χ0v) is 24.0. The summed E-state index contributed by atoms with van der Waals surface area (Å²) < 4.78 is 24.2. The van der Waals surface area contributed by atoms with Crippen molar-refractivity contribution in [2.45, 2.75) is 18.2 Å². The maximum Gasteiger partial charge on any atom is 0.261 e. The van der Waals surface area contributed by atoms with E-state index in [-0.39, 0.29) is 25.2 Å². The van der Waals surface area contributed by atoms with Gasteiger partial charge in [-0.05, 0) is 60.3 Å².